The smallest absolute Gasteiger partial charge is 0.0499 e. The zero-order valence-electron chi connectivity index (χ0n) is 13.5. The van der Waals surface area contributed by atoms with E-state index in [-0.39, 0.29) is 5.41 Å². The number of nitrogens with one attached hydrogen (secondary N) is 1. The highest BCUT2D eigenvalue weighted by atomic mass is 16.3. The van der Waals surface area contributed by atoms with E-state index in [2.05, 4.69) is 38.2 Å². The molecular weight excluding hydrogens is 236 g/mol. The Morgan fingerprint density at radius 1 is 1.11 bits per heavy atom. The summed E-state index contributed by atoms with van der Waals surface area (Å²) in [4.78, 5) is 2.41. The Bertz CT molecular complexity index is 235. The monoisotopic (exact) mass is 270 g/mol. The molecule has 0 heterocycles. The molecule has 1 rings (SSSR count). The minimum atomic E-state index is 0.0716. The van der Waals surface area contributed by atoms with E-state index in [9.17, 15) is 5.11 Å². The minimum absolute atomic E-state index is 0.0716. The summed E-state index contributed by atoms with van der Waals surface area (Å²) in [6, 6.07) is 0. The molecule has 0 unspecified atom stereocenters. The van der Waals surface area contributed by atoms with Gasteiger partial charge in [0.25, 0.3) is 0 Å². The summed E-state index contributed by atoms with van der Waals surface area (Å²) in [6.07, 6.45) is 8.79. The first-order valence-corrected chi connectivity index (χ1v) is 8.03. The molecule has 0 aromatic rings. The maximum Gasteiger partial charge on any atom is 0.0499 e. The topological polar surface area (TPSA) is 35.5 Å². The molecule has 1 saturated carbocycles. The van der Waals surface area contributed by atoms with Gasteiger partial charge in [0.2, 0.25) is 0 Å². The number of hydrogen-bond donors (Lipinski definition) is 2. The molecule has 1 aliphatic carbocycles. The van der Waals surface area contributed by atoms with Crippen molar-refractivity contribution in [3.63, 3.8) is 0 Å². The van der Waals surface area contributed by atoms with Gasteiger partial charge in [-0.15, -0.1) is 0 Å². The highest BCUT2D eigenvalue weighted by molar-refractivity contribution is 4.93. The second-order valence-electron chi connectivity index (χ2n) is 6.65. The van der Waals surface area contributed by atoms with E-state index in [1.54, 1.807) is 0 Å². The number of aliphatic hydroxyl groups excluding tert-OH is 1. The Labute approximate surface area is 119 Å². The average Bonchev–Trinajstić information content (AvgIpc) is 2.45. The standard InChI is InChI=1S/C16H34N2O/c1-5-15(6-2,14-19)12-17-13-16(18(3)4)10-8-7-9-11-16/h17,19H,5-14H2,1-4H3. The van der Waals surface area contributed by atoms with Crippen LogP contribution in [0.5, 0.6) is 0 Å². The van der Waals surface area contributed by atoms with Gasteiger partial charge in [0.05, 0.1) is 0 Å². The molecule has 1 fully saturated rings. The molecule has 0 aromatic heterocycles. The lowest BCUT2D eigenvalue weighted by Gasteiger charge is -2.44. The molecule has 0 aliphatic heterocycles. The number of rotatable bonds is 8. The third-order valence-corrected chi connectivity index (χ3v) is 5.52. The van der Waals surface area contributed by atoms with Crippen LogP contribution < -0.4 is 5.32 Å². The molecule has 0 bridgehead atoms. The first-order valence-electron chi connectivity index (χ1n) is 8.03. The van der Waals surface area contributed by atoms with Crippen LogP contribution in [0.25, 0.3) is 0 Å². The van der Waals surface area contributed by atoms with Crippen LogP contribution in [0.4, 0.5) is 0 Å². The molecule has 19 heavy (non-hydrogen) atoms. The van der Waals surface area contributed by atoms with Crippen LogP contribution in [-0.4, -0.2) is 49.3 Å². The molecule has 0 spiro atoms. The summed E-state index contributed by atoms with van der Waals surface area (Å²) in [5, 5.41) is 13.3. The van der Waals surface area contributed by atoms with Crippen LogP contribution in [0.2, 0.25) is 0 Å². The molecule has 1 aliphatic rings. The lowest BCUT2D eigenvalue weighted by atomic mass is 9.79. The largest absolute Gasteiger partial charge is 0.396 e. The van der Waals surface area contributed by atoms with Gasteiger partial charge in [-0.3, -0.25) is 0 Å². The van der Waals surface area contributed by atoms with E-state index in [0.717, 1.165) is 25.9 Å². The van der Waals surface area contributed by atoms with Crippen molar-refractivity contribution >= 4 is 0 Å². The second kappa shape index (κ2) is 7.61. The van der Waals surface area contributed by atoms with Crippen LogP contribution in [0.1, 0.15) is 58.8 Å². The summed E-state index contributed by atoms with van der Waals surface area (Å²) in [6.45, 7) is 6.66. The summed E-state index contributed by atoms with van der Waals surface area (Å²) in [5.41, 5.74) is 0.406. The molecule has 0 aromatic carbocycles. The molecule has 0 radical (unpaired) electrons. The van der Waals surface area contributed by atoms with Crippen LogP contribution in [0.3, 0.4) is 0 Å². The lowest BCUT2D eigenvalue weighted by molar-refractivity contribution is 0.0788. The average molecular weight is 270 g/mol. The third kappa shape index (κ3) is 4.17. The zero-order valence-corrected chi connectivity index (χ0v) is 13.5. The Hall–Kier alpha value is -0.120. The number of likely N-dealkylation sites (N-methyl/N-ethyl adjacent to an activating group) is 1. The van der Waals surface area contributed by atoms with Crippen LogP contribution >= 0.6 is 0 Å². The molecule has 3 heteroatoms. The van der Waals surface area contributed by atoms with E-state index in [1.165, 1.54) is 32.1 Å². The van der Waals surface area contributed by atoms with E-state index in [0.29, 0.717) is 12.1 Å². The van der Waals surface area contributed by atoms with Gasteiger partial charge in [-0.25, -0.2) is 0 Å². The van der Waals surface area contributed by atoms with Gasteiger partial charge in [-0.05, 0) is 39.8 Å². The maximum absolute atomic E-state index is 9.64. The Morgan fingerprint density at radius 3 is 2.11 bits per heavy atom. The highest BCUT2D eigenvalue weighted by Crippen LogP contribution is 2.32. The van der Waals surface area contributed by atoms with Crippen molar-refractivity contribution in [2.24, 2.45) is 5.41 Å². The fraction of sp³-hybridized carbons (Fsp3) is 1.00. The first kappa shape index (κ1) is 16.9. The second-order valence-corrected chi connectivity index (χ2v) is 6.65. The van der Waals surface area contributed by atoms with Crippen LogP contribution in [0, 0.1) is 5.41 Å². The van der Waals surface area contributed by atoms with Gasteiger partial charge in [-0.2, -0.15) is 0 Å². The fourth-order valence-electron chi connectivity index (χ4n) is 3.33. The molecule has 0 atom stereocenters. The van der Waals surface area contributed by atoms with Gasteiger partial charge in [-0.1, -0.05) is 33.1 Å². The van der Waals surface area contributed by atoms with Crippen molar-refractivity contribution in [3.05, 3.63) is 0 Å². The van der Waals surface area contributed by atoms with Crippen molar-refractivity contribution in [2.45, 2.75) is 64.3 Å². The van der Waals surface area contributed by atoms with E-state index in [4.69, 9.17) is 0 Å². The Balaban J connectivity index is 2.53. The summed E-state index contributed by atoms with van der Waals surface area (Å²) < 4.78 is 0. The third-order valence-electron chi connectivity index (χ3n) is 5.52. The van der Waals surface area contributed by atoms with E-state index >= 15 is 0 Å². The van der Waals surface area contributed by atoms with E-state index in [1.807, 2.05) is 0 Å². The summed E-state index contributed by atoms with van der Waals surface area (Å²) >= 11 is 0. The first-order chi connectivity index (χ1) is 9.04. The molecule has 0 amide bonds. The van der Waals surface area contributed by atoms with Crippen molar-refractivity contribution in [1.29, 1.82) is 0 Å². The quantitative estimate of drug-likeness (QED) is 0.712. The molecule has 2 N–H and O–H groups in total. The molecular formula is C16H34N2O. The Kier molecular flexibility index (Phi) is 6.78. The fourth-order valence-corrected chi connectivity index (χ4v) is 3.33. The predicted octanol–water partition coefficient (Wildman–Crippen LogP) is 2.64. The Morgan fingerprint density at radius 2 is 1.68 bits per heavy atom. The van der Waals surface area contributed by atoms with Gasteiger partial charge >= 0.3 is 0 Å². The zero-order chi connectivity index (χ0) is 14.4. The van der Waals surface area contributed by atoms with E-state index < -0.39 is 0 Å². The molecule has 114 valence electrons. The van der Waals surface area contributed by atoms with Gasteiger partial charge in [0.1, 0.15) is 0 Å². The SMILES string of the molecule is CCC(CC)(CO)CNCC1(N(C)C)CCCCC1. The van der Waals surface area contributed by atoms with Gasteiger partial charge in [0.15, 0.2) is 0 Å². The number of aliphatic hydroxyl groups is 1. The van der Waals surface area contributed by atoms with Gasteiger partial charge < -0.3 is 15.3 Å². The normalized spacial score (nSPS) is 19.9. The minimum Gasteiger partial charge on any atom is -0.396 e. The lowest BCUT2D eigenvalue weighted by Crippen LogP contribution is -2.54. The van der Waals surface area contributed by atoms with Crippen molar-refractivity contribution < 1.29 is 5.11 Å². The summed E-state index contributed by atoms with van der Waals surface area (Å²) in [7, 11) is 4.43. The van der Waals surface area contributed by atoms with Crippen molar-refractivity contribution in [3.8, 4) is 0 Å². The number of nitrogens with zero attached hydrogens (tertiary/aromatic N) is 1. The predicted molar refractivity (Wildman–Crippen MR) is 82.5 cm³/mol. The number of hydrogen-bond acceptors (Lipinski definition) is 3. The van der Waals surface area contributed by atoms with Crippen LogP contribution in [0.15, 0.2) is 0 Å². The maximum atomic E-state index is 9.64. The van der Waals surface area contributed by atoms with Crippen molar-refractivity contribution in [1.82, 2.24) is 10.2 Å². The van der Waals surface area contributed by atoms with Crippen molar-refractivity contribution in [2.75, 3.05) is 33.8 Å². The highest BCUT2D eigenvalue weighted by Gasteiger charge is 2.34. The van der Waals surface area contributed by atoms with Crippen LogP contribution in [-0.2, 0) is 0 Å². The molecule has 3 nitrogen and oxygen atoms in total. The summed E-state index contributed by atoms with van der Waals surface area (Å²) in [5.74, 6) is 0. The molecule has 0 saturated heterocycles. The van der Waals surface area contributed by atoms with Gasteiger partial charge in [0, 0.05) is 30.7 Å².